The summed E-state index contributed by atoms with van der Waals surface area (Å²) in [6.45, 7) is 1.87. The fraction of sp³-hybridized carbons (Fsp3) is 0.0833. The molecule has 1 aromatic carbocycles. The van der Waals surface area contributed by atoms with Crippen LogP contribution in [0.3, 0.4) is 0 Å². The number of aryl methyl sites for hydroxylation is 1. The van der Waals surface area contributed by atoms with Gasteiger partial charge < -0.3 is 0 Å². The maximum absolute atomic E-state index is 13.0. The fourth-order valence-electron chi connectivity index (χ4n) is 1.44. The first-order valence-electron chi connectivity index (χ1n) is 4.55. The van der Waals surface area contributed by atoms with Crippen molar-refractivity contribution in [2.75, 3.05) is 0 Å². The number of nitrogens with zero attached hydrogens (tertiary/aromatic N) is 1. The summed E-state index contributed by atoms with van der Waals surface area (Å²) in [7, 11) is 0. The van der Waals surface area contributed by atoms with Crippen molar-refractivity contribution < 1.29 is 8.78 Å². The van der Waals surface area contributed by atoms with Gasteiger partial charge in [0.1, 0.15) is 5.82 Å². The number of aromatic nitrogens is 1. The van der Waals surface area contributed by atoms with E-state index in [4.69, 9.17) is 0 Å². The Kier molecular flexibility index (Phi) is 2.46. The molecular formula is C12H9F2N. The van der Waals surface area contributed by atoms with Crippen molar-refractivity contribution in [3.05, 3.63) is 53.9 Å². The first-order valence-corrected chi connectivity index (χ1v) is 4.55. The van der Waals surface area contributed by atoms with E-state index in [1.807, 2.05) is 6.92 Å². The van der Waals surface area contributed by atoms with Gasteiger partial charge in [-0.05, 0) is 42.3 Å². The van der Waals surface area contributed by atoms with Crippen LogP contribution in [-0.2, 0) is 0 Å². The maximum Gasteiger partial charge on any atom is 0.212 e. The van der Waals surface area contributed by atoms with E-state index in [9.17, 15) is 8.78 Å². The summed E-state index contributed by atoms with van der Waals surface area (Å²) in [5.41, 5.74) is 2.39. The quantitative estimate of drug-likeness (QED) is 0.650. The van der Waals surface area contributed by atoms with Gasteiger partial charge in [0, 0.05) is 11.8 Å². The predicted molar refractivity (Wildman–Crippen MR) is 54.3 cm³/mol. The smallest absolute Gasteiger partial charge is 0.212 e. The summed E-state index contributed by atoms with van der Waals surface area (Å²) >= 11 is 0. The van der Waals surface area contributed by atoms with Crippen LogP contribution < -0.4 is 0 Å². The molecule has 0 aliphatic heterocycles. The first kappa shape index (κ1) is 9.77. The monoisotopic (exact) mass is 205 g/mol. The standard InChI is InChI=1S/C12H9F2N/c1-8-2-4-10(13)6-11(8)9-3-5-12(14)15-7-9/h2-7H,1H3. The molecule has 0 aliphatic rings. The molecule has 76 valence electrons. The molecule has 0 aliphatic carbocycles. The summed E-state index contributed by atoms with van der Waals surface area (Å²) in [6, 6.07) is 7.36. The Morgan fingerprint density at radius 2 is 1.87 bits per heavy atom. The molecule has 0 amide bonds. The molecule has 0 fully saturated rings. The minimum absolute atomic E-state index is 0.306. The van der Waals surface area contributed by atoms with Gasteiger partial charge in [-0.2, -0.15) is 4.39 Å². The molecule has 1 nitrogen and oxygen atoms in total. The number of pyridine rings is 1. The third-order valence-corrected chi connectivity index (χ3v) is 2.24. The van der Waals surface area contributed by atoms with Gasteiger partial charge in [-0.25, -0.2) is 9.37 Å². The van der Waals surface area contributed by atoms with Crippen LogP contribution in [0.5, 0.6) is 0 Å². The predicted octanol–water partition coefficient (Wildman–Crippen LogP) is 3.34. The summed E-state index contributed by atoms with van der Waals surface area (Å²) in [5.74, 6) is -0.840. The van der Waals surface area contributed by atoms with Crippen molar-refractivity contribution in [2.24, 2.45) is 0 Å². The molecular weight excluding hydrogens is 196 g/mol. The van der Waals surface area contributed by atoms with E-state index in [0.717, 1.165) is 11.1 Å². The van der Waals surface area contributed by atoms with Crippen LogP contribution in [0.4, 0.5) is 8.78 Å². The summed E-state index contributed by atoms with van der Waals surface area (Å²) in [6.07, 6.45) is 1.40. The van der Waals surface area contributed by atoms with Crippen LogP contribution >= 0.6 is 0 Å². The zero-order chi connectivity index (χ0) is 10.8. The maximum atomic E-state index is 13.0. The second kappa shape index (κ2) is 3.77. The fourth-order valence-corrected chi connectivity index (χ4v) is 1.44. The van der Waals surface area contributed by atoms with Gasteiger partial charge in [-0.15, -0.1) is 0 Å². The van der Waals surface area contributed by atoms with Crippen molar-refractivity contribution >= 4 is 0 Å². The van der Waals surface area contributed by atoms with E-state index < -0.39 is 5.95 Å². The molecule has 0 bridgehead atoms. The minimum atomic E-state index is -0.534. The van der Waals surface area contributed by atoms with Gasteiger partial charge in [0.2, 0.25) is 5.95 Å². The van der Waals surface area contributed by atoms with Crippen LogP contribution in [0.1, 0.15) is 5.56 Å². The van der Waals surface area contributed by atoms with Crippen LogP contribution in [0.2, 0.25) is 0 Å². The zero-order valence-electron chi connectivity index (χ0n) is 8.17. The second-order valence-corrected chi connectivity index (χ2v) is 3.33. The van der Waals surface area contributed by atoms with E-state index in [1.54, 1.807) is 12.1 Å². The molecule has 0 radical (unpaired) electrons. The largest absolute Gasteiger partial charge is 0.228 e. The van der Waals surface area contributed by atoms with E-state index in [-0.39, 0.29) is 5.82 Å². The highest BCUT2D eigenvalue weighted by Gasteiger charge is 2.03. The lowest BCUT2D eigenvalue weighted by Crippen LogP contribution is -1.87. The number of hydrogen-bond donors (Lipinski definition) is 0. The van der Waals surface area contributed by atoms with Gasteiger partial charge in [0.15, 0.2) is 0 Å². The van der Waals surface area contributed by atoms with E-state index in [1.165, 1.54) is 24.4 Å². The summed E-state index contributed by atoms with van der Waals surface area (Å²) < 4.78 is 25.6. The third kappa shape index (κ3) is 2.01. The molecule has 1 heterocycles. The van der Waals surface area contributed by atoms with Crippen LogP contribution in [-0.4, -0.2) is 4.98 Å². The molecule has 2 rings (SSSR count). The second-order valence-electron chi connectivity index (χ2n) is 3.33. The van der Waals surface area contributed by atoms with Gasteiger partial charge >= 0.3 is 0 Å². The van der Waals surface area contributed by atoms with Crippen molar-refractivity contribution in [1.82, 2.24) is 4.98 Å². The highest BCUT2D eigenvalue weighted by molar-refractivity contribution is 5.66. The molecule has 1 aromatic heterocycles. The lowest BCUT2D eigenvalue weighted by molar-refractivity contribution is 0.584. The molecule has 0 saturated heterocycles. The SMILES string of the molecule is Cc1ccc(F)cc1-c1ccc(F)nc1. The van der Waals surface area contributed by atoms with E-state index in [2.05, 4.69) is 4.98 Å². The van der Waals surface area contributed by atoms with E-state index in [0.29, 0.717) is 5.56 Å². The van der Waals surface area contributed by atoms with Crippen LogP contribution in [0, 0.1) is 18.7 Å². The van der Waals surface area contributed by atoms with Crippen LogP contribution in [0.25, 0.3) is 11.1 Å². The van der Waals surface area contributed by atoms with Gasteiger partial charge in [0.25, 0.3) is 0 Å². The first-order chi connectivity index (χ1) is 7.16. The Labute approximate surface area is 86.4 Å². The average molecular weight is 205 g/mol. The van der Waals surface area contributed by atoms with Crippen molar-refractivity contribution in [3.63, 3.8) is 0 Å². The van der Waals surface area contributed by atoms with Crippen molar-refractivity contribution in [2.45, 2.75) is 6.92 Å². The zero-order valence-corrected chi connectivity index (χ0v) is 8.17. The number of benzene rings is 1. The number of hydrogen-bond acceptors (Lipinski definition) is 1. The number of rotatable bonds is 1. The van der Waals surface area contributed by atoms with Crippen LogP contribution in [0.15, 0.2) is 36.5 Å². The summed E-state index contributed by atoms with van der Waals surface area (Å²) in [5, 5.41) is 0. The average Bonchev–Trinajstić information content (AvgIpc) is 2.23. The molecule has 15 heavy (non-hydrogen) atoms. The molecule has 0 N–H and O–H groups in total. The van der Waals surface area contributed by atoms with Crippen molar-refractivity contribution in [1.29, 1.82) is 0 Å². The summed E-state index contributed by atoms with van der Waals surface area (Å²) in [4.78, 5) is 3.54. The Balaban J connectivity index is 2.53. The Morgan fingerprint density at radius 3 is 2.53 bits per heavy atom. The molecule has 3 heteroatoms. The highest BCUT2D eigenvalue weighted by atomic mass is 19.1. The Bertz CT molecular complexity index is 477. The lowest BCUT2D eigenvalue weighted by Gasteiger charge is -2.05. The van der Waals surface area contributed by atoms with E-state index >= 15 is 0 Å². The van der Waals surface area contributed by atoms with Gasteiger partial charge in [-0.1, -0.05) is 6.07 Å². The lowest BCUT2D eigenvalue weighted by atomic mass is 10.0. The van der Waals surface area contributed by atoms with Gasteiger partial charge in [-0.3, -0.25) is 0 Å². The topological polar surface area (TPSA) is 12.9 Å². The molecule has 0 atom stereocenters. The minimum Gasteiger partial charge on any atom is -0.228 e. The molecule has 0 spiro atoms. The highest BCUT2D eigenvalue weighted by Crippen LogP contribution is 2.23. The Morgan fingerprint density at radius 1 is 1.07 bits per heavy atom. The molecule has 2 aromatic rings. The normalized spacial score (nSPS) is 10.3. The third-order valence-electron chi connectivity index (χ3n) is 2.24. The molecule has 0 unspecified atom stereocenters. The molecule has 0 saturated carbocycles. The van der Waals surface area contributed by atoms with Crippen molar-refractivity contribution in [3.8, 4) is 11.1 Å². The van der Waals surface area contributed by atoms with Gasteiger partial charge in [0.05, 0.1) is 0 Å². The Hall–Kier alpha value is -1.77. The number of halogens is 2.